The first-order valence-corrected chi connectivity index (χ1v) is 10.3. The van der Waals surface area contributed by atoms with E-state index < -0.39 is 8.80 Å². The number of hydrogen-bond donors (Lipinski definition) is 3. The lowest BCUT2D eigenvalue weighted by Crippen LogP contribution is -2.44. The first-order chi connectivity index (χ1) is 10.9. The Bertz CT molecular complexity index is 304. The van der Waals surface area contributed by atoms with E-state index in [1.807, 2.05) is 0 Å². The largest absolute Gasteiger partial charge is 0.500 e. The van der Waals surface area contributed by atoms with Crippen molar-refractivity contribution in [1.82, 2.24) is 16.0 Å². The van der Waals surface area contributed by atoms with Crippen LogP contribution in [0.3, 0.4) is 0 Å². The fraction of sp³-hybridized carbons (Fsp3) is 0.933. The first kappa shape index (κ1) is 22.3. The number of nitrogens with zero attached hydrogens (tertiary/aromatic N) is 1. The summed E-state index contributed by atoms with van der Waals surface area (Å²) in [6.07, 6.45) is 0.951. The molecule has 0 aliphatic carbocycles. The number of aliphatic imine (C=N–C) groups is 1. The minimum Gasteiger partial charge on any atom is -0.377 e. The van der Waals surface area contributed by atoms with Crippen LogP contribution in [0, 0.1) is 0 Å². The van der Waals surface area contributed by atoms with Gasteiger partial charge in [-0.05, 0) is 40.7 Å². The molecule has 8 heteroatoms. The van der Waals surface area contributed by atoms with Crippen molar-refractivity contribution in [3.05, 3.63) is 0 Å². The predicted molar refractivity (Wildman–Crippen MR) is 97.9 cm³/mol. The van der Waals surface area contributed by atoms with Crippen molar-refractivity contribution in [2.45, 2.75) is 52.2 Å². The Morgan fingerprint density at radius 2 is 1.43 bits per heavy atom. The van der Waals surface area contributed by atoms with Crippen LogP contribution in [-0.2, 0) is 13.3 Å². The summed E-state index contributed by atoms with van der Waals surface area (Å²) in [5.74, 6) is 0.862. The molecule has 3 N–H and O–H groups in total. The fourth-order valence-electron chi connectivity index (χ4n) is 2.04. The highest BCUT2D eigenvalue weighted by Gasteiger charge is 2.36. The molecule has 0 aromatic rings. The zero-order valence-electron chi connectivity index (χ0n) is 15.9. The fourth-order valence-corrected chi connectivity index (χ4v) is 3.76. The number of nitrogens with one attached hydrogen (secondary N) is 3. The summed E-state index contributed by atoms with van der Waals surface area (Å²) < 4.78 is 16.2. The molecule has 0 rings (SSSR count). The summed E-state index contributed by atoms with van der Waals surface area (Å²) in [5.41, 5.74) is 0. The van der Waals surface area contributed by atoms with E-state index in [2.05, 4.69) is 48.6 Å². The second kappa shape index (κ2) is 12.7. The Balaban J connectivity index is 3.98. The smallest absolute Gasteiger partial charge is 0.377 e. The average molecular weight is 349 g/mol. The molecule has 0 amide bonds. The molecule has 7 nitrogen and oxygen atoms in total. The minimum atomic E-state index is -2.43. The third-order valence-electron chi connectivity index (χ3n) is 3.18. The van der Waals surface area contributed by atoms with Gasteiger partial charge in [-0.3, -0.25) is 4.99 Å². The standard InChI is InChI=1S/C15H36N4O3Si/c1-13(2)18-15(19-14(3)4)17-11-10-16-9-8-12-23(20-5,21-6)22-7/h13-14,16H,8-12H2,1-7H3,(H2,17,18,19). The van der Waals surface area contributed by atoms with E-state index in [9.17, 15) is 0 Å². The van der Waals surface area contributed by atoms with Crippen LogP contribution in [0.5, 0.6) is 0 Å². The van der Waals surface area contributed by atoms with E-state index in [-0.39, 0.29) is 0 Å². The van der Waals surface area contributed by atoms with E-state index in [4.69, 9.17) is 13.3 Å². The van der Waals surface area contributed by atoms with E-state index in [0.29, 0.717) is 12.1 Å². The molecule has 0 spiro atoms. The molecule has 0 saturated heterocycles. The second-order valence-electron chi connectivity index (χ2n) is 5.98. The van der Waals surface area contributed by atoms with Gasteiger partial charge in [0.2, 0.25) is 0 Å². The lowest BCUT2D eigenvalue weighted by atomic mass is 10.4. The summed E-state index contributed by atoms with van der Waals surface area (Å²) in [7, 11) is 2.51. The maximum Gasteiger partial charge on any atom is 0.500 e. The molecule has 0 radical (unpaired) electrons. The van der Waals surface area contributed by atoms with Gasteiger partial charge in [0.1, 0.15) is 0 Å². The van der Waals surface area contributed by atoms with Crippen LogP contribution in [-0.4, -0.2) is 67.8 Å². The molecule has 0 atom stereocenters. The van der Waals surface area contributed by atoms with Gasteiger partial charge in [-0.25, -0.2) is 0 Å². The third-order valence-corrected chi connectivity index (χ3v) is 6.01. The van der Waals surface area contributed by atoms with Crippen molar-refractivity contribution in [3.63, 3.8) is 0 Å². The van der Waals surface area contributed by atoms with Gasteiger partial charge in [0.25, 0.3) is 0 Å². The maximum absolute atomic E-state index is 5.40. The minimum absolute atomic E-state index is 0.364. The molecular formula is C15H36N4O3Si. The van der Waals surface area contributed by atoms with Crippen molar-refractivity contribution >= 4 is 14.8 Å². The van der Waals surface area contributed by atoms with Gasteiger partial charge in [-0.1, -0.05) is 0 Å². The molecule has 0 aliphatic heterocycles. The number of guanidine groups is 1. The molecule has 0 aliphatic rings. The average Bonchev–Trinajstić information content (AvgIpc) is 2.49. The van der Waals surface area contributed by atoms with E-state index >= 15 is 0 Å². The molecule has 0 bridgehead atoms. The zero-order chi connectivity index (χ0) is 17.7. The monoisotopic (exact) mass is 348 g/mol. The Hall–Kier alpha value is -0.673. The summed E-state index contributed by atoms with van der Waals surface area (Å²) in [4.78, 5) is 4.57. The van der Waals surface area contributed by atoms with Crippen LogP contribution < -0.4 is 16.0 Å². The summed E-state index contributed by atoms with van der Waals surface area (Å²) >= 11 is 0. The van der Waals surface area contributed by atoms with Gasteiger partial charge in [0, 0.05) is 46.0 Å². The molecular weight excluding hydrogens is 312 g/mol. The Morgan fingerprint density at radius 1 is 0.913 bits per heavy atom. The second-order valence-corrected chi connectivity index (χ2v) is 9.07. The Kier molecular flexibility index (Phi) is 12.3. The number of rotatable bonds is 12. The third kappa shape index (κ3) is 10.7. The maximum atomic E-state index is 5.40. The van der Waals surface area contributed by atoms with Crippen LogP contribution in [0.1, 0.15) is 34.1 Å². The van der Waals surface area contributed by atoms with E-state index in [0.717, 1.165) is 38.1 Å². The van der Waals surface area contributed by atoms with Crippen LogP contribution >= 0.6 is 0 Å². The molecule has 138 valence electrons. The highest BCUT2D eigenvalue weighted by atomic mass is 28.4. The topological polar surface area (TPSA) is 76.1 Å². The van der Waals surface area contributed by atoms with Gasteiger partial charge < -0.3 is 29.2 Å². The summed E-state index contributed by atoms with van der Waals surface area (Å²) in [6, 6.07) is 1.54. The van der Waals surface area contributed by atoms with Gasteiger partial charge in [0.15, 0.2) is 5.96 Å². The molecule has 0 heterocycles. The first-order valence-electron chi connectivity index (χ1n) is 8.32. The molecule has 0 saturated carbocycles. The molecule has 0 unspecified atom stereocenters. The molecule has 23 heavy (non-hydrogen) atoms. The lowest BCUT2D eigenvalue weighted by molar-refractivity contribution is 0.123. The van der Waals surface area contributed by atoms with Gasteiger partial charge in [-0.2, -0.15) is 0 Å². The van der Waals surface area contributed by atoms with E-state index in [1.165, 1.54) is 0 Å². The zero-order valence-corrected chi connectivity index (χ0v) is 16.9. The SMILES string of the molecule is CO[Si](CCCNCCN=C(NC(C)C)NC(C)C)(OC)OC. The van der Waals surface area contributed by atoms with Crippen molar-refractivity contribution in [1.29, 1.82) is 0 Å². The Labute approximate surface area is 142 Å². The van der Waals surface area contributed by atoms with Crippen LogP contribution in [0.15, 0.2) is 4.99 Å². The lowest BCUT2D eigenvalue weighted by Gasteiger charge is -2.24. The highest BCUT2D eigenvalue weighted by molar-refractivity contribution is 6.60. The number of hydrogen-bond acceptors (Lipinski definition) is 5. The highest BCUT2D eigenvalue weighted by Crippen LogP contribution is 2.14. The predicted octanol–water partition coefficient (Wildman–Crippen LogP) is 1.20. The van der Waals surface area contributed by atoms with Crippen LogP contribution in [0.2, 0.25) is 6.04 Å². The van der Waals surface area contributed by atoms with Gasteiger partial charge >= 0.3 is 8.80 Å². The van der Waals surface area contributed by atoms with Gasteiger partial charge in [0.05, 0.1) is 6.54 Å². The normalized spacial score (nSPS) is 11.9. The summed E-state index contributed by atoms with van der Waals surface area (Å²) in [6.45, 7) is 10.9. The molecule has 0 aromatic carbocycles. The van der Waals surface area contributed by atoms with Crippen LogP contribution in [0.4, 0.5) is 0 Å². The van der Waals surface area contributed by atoms with Crippen molar-refractivity contribution in [2.24, 2.45) is 4.99 Å². The summed E-state index contributed by atoms with van der Waals surface area (Å²) in [5, 5.41) is 10.0. The van der Waals surface area contributed by atoms with Gasteiger partial charge in [-0.15, -0.1) is 0 Å². The molecule has 0 aromatic heterocycles. The van der Waals surface area contributed by atoms with Crippen molar-refractivity contribution in [3.8, 4) is 0 Å². The quantitative estimate of drug-likeness (QED) is 0.213. The van der Waals surface area contributed by atoms with Crippen molar-refractivity contribution < 1.29 is 13.3 Å². The Morgan fingerprint density at radius 3 is 1.87 bits per heavy atom. The van der Waals surface area contributed by atoms with E-state index in [1.54, 1.807) is 21.3 Å². The van der Waals surface area contributed by atoms with Crippen molar-refractivity contribution in [2.75, 3.05) is 41.0 Å². The molecule has 0 fully saturated rings. The van der Waals surface area contributed by atoms with Crippen LogP contribution in [0.25, 0.3) is 0 Å².